The SMILES string of the molecule is CNC(C)C(Cc1csc2ccccc12)C(C)C. The highest BCUT2D eigenvalue weighted by Gasteiger charge is 2.21. The number of thiophene rings is 1. The van der Waals surface area contributed by atoms with Crippen molar-refractivity contribution in [2.24, 2.45) is 11.8 Å². The van der Waals surface area contributed by atoms with Crippen molar-refractivity contribution >= 4 is 21.4 Å². The van der Waals surface area contributed by atoms with E-state index in [1.54, 1.807) is 0 Å². The van der Waals surface area contributed by atoms with Gasteiger partial charge in [0.1, 0.15) is 0 Å². The lowest BCUT2D eigenvalue weighted by atomic mass is 9.84. The van der Waals surface area contributed by atoms with Crippen LogP contribution in [-0.2, 0) is 6.42 Å². The molecule has 0 bridgehead atoms. The summed E-state index contributed by atoms with van der Waals surface area (Å²) in [6.07, 6.45) is 1.17. The van der Waals surface area contributed by atoms with Crippen LogP contribution in [0.4, 0.5) is 0 Å². The number of nitrogens with one attached hydrogen (secondary N) is 1. The van der Waals surface area contributed by atoms with Crippen molar-refractivity contribution < 1.29 is 0 Å². The molecule has 1 N–H and O–H groups in total. The topological polar surface area (TPSA) is 12.0 Å². The number of hydrogen-bond acceptors (Lipinski definition) is 2. The molecule has 2 heteroatoms. The smallest absolute Gasteiger partial charge is 0.0345 e. The monoisotopic (exact) mass is 261 g/mol. The lowest BCUT2D eigenvalue weighted by molar-refractivity contribution is 0.301. The van der Waals surface area contributed by atoms with E-state index in [2.05, 4.69) is 62.8 Å². The molecule has 2 unspecified atom stereocenters. The van der Waals surface area contributed by atoms with Gasteiger partial charge in [-0.1, -0.05) is 32.0 Å². The third-order valence-electron chi connectivity index (χ3n) is 3.97. The van der Waals surface area contributed by atoms with E-state index in [-0.39, 0.29) is 0 Å². The molecule has 2 atom stereocenters. The summed E-state index contributed by atoms with van der Waals surface area (Å²) >= 11 is 1.87. The Kier molecular flexibility index (Phi) is 4.41. The first kappa shape index (κ1) is 13.6. The summed E-state index contributed by atoms with van der Waals surface area (Å²) in [6.45, 7) is 6.94. The van der Waals surface area contributed by atoms with Gasteiger partial charge in [-0.05, 0) is 54.6 Å². The van der Waals surface area contributed by atoms with Gasteiger partial charge in [0.2, 0.25) is 0 Å². The molecule has 0 fully saturated rings. The first-order valence-electron chi connectivity index (χ1n) is 6.76. The summed E-state index contributed by atoms with van der Waals surface area (Å²) in [5.74, 6) is 1.39. The Morgan fingerprint density at radius 1 is 1.17 bits per heavy atom. The van der Waals surface area contributed by atoms with E-state index in [1.165, 1.54) is 22.1 Å². The first-order valence-corrected chi connectivity index (χ1v) is 7.63. The number of fused-ring (bicyclic) bond motifs is 1. The minimum Gasteiger partial charge on any atom is -0.317 e. The van der Waals surface area contributed by atoms with Crippen molar-refractivity contribution in [1.29, 1.82) is 0 Å². The first-order chi connectivity index (χ1) is 8.63. The predicted molar refractivity (Wildman–Crippen MR) is 82.4 cm³/mol. The van der Waals surface area contributed by atoms with E-state index in [0.29, 0.717) is 17.9 Å². The third-order valence-corrected chi connectivity index (χ3v) is 4.98. The zero-order valence-electron chi connectivity index (χ0n) is 11.7. The fourth-order valence-electron chi connectivity index (χ4n) is 2.65. The van der Waals surface area contributed by atoms with E-state index in [0.717, 1.165) is 0 Å². The second kappa shape index (κ2) is 5.85. The van der Waals surface area contributed by atoms with Crippen molar-refractivity contribution in [3.63, 3.8) is 0 Å². The quantitative estimate of drug-likeness (QED) is 0.845. The van der Waals surface area contributed by atoms with Gasteiger partial charge >= 0.3 is 0 Å². The fourth-order valence-corrected chi connectivity index (χ4v) is 3.62. The van der Waals surface area contributed by atoms with Crippen LogP contribution in [0.1, 0.15) is 26.3 Å². The van der Waals surface area contributed by atoms with Gasteiger partial charge in [0.05, 0.1) is 0 Å². The Morgan fingerprint density at radius 2 is 1.89 bits per heavy atom. The Morgan fingerprint density at radius 3 is 2.56 bits per heavy atom. The van der Waals surface area contributed by atoms with Gasteiger partial charge in [0, 0.05) is 10.7 Å². The highest BCUT2D eigenvalue weighted by atomic mass is 32.1. The highest BCUT2D eigenvalue weighted by Crippen LogP contribution is 2.30. The van der Waals surface area contributed by atoms with Gasteiger partial charge < -0.3 is 5.32 Å². The van der Waals surface area contributed by atoms with Crippen LogP contribution >= 0.6 is 11.3 Å². The zero-order valence-corrected chi connectivity index (χ0v) is 12.6. The molecule has 1 aromatic carbocycles. The molecule has 98 valence electrons. The standard InChI is InChI=1S/C16H23NS/c1-11(2)15(12(3)17-4)9-13-10-18-16-8-6-5-7-14(13)16/h5-8,10-12,15,17H,9H2,1-4H3. The van der Waals surface area contributed by atoms with Crippen LogP contribution in [-0.4, -0.2) is 13.1 Å². The molecule has 0 saturated carbocycles. The lowest BCUT2D eigenvalue weighted by Crippen LogP contribution is -2.34. The summed E-state index contributed by atoms with van der Waals surface area (Å²) in [6, 6.07) is 9.30. The second-order valence-electron chi connectivity index (χ2n) is 5.45. The molecule has 1 aromatic heterocycles. The predicted octanol–water partition coefficient (Wildman–Crippen LogP) is 4.32. The van der Waals surface area contributed by atoms with E-state index in [9.17, 15) is 0 Å². The number of rotatable bonds is 5. The van der Waals surface area contributed by atoms with Crippen molar-refractivity contribution in [1.82, 2.24) is 5.32 Å². The largest absolute Gasteiger partial charge is 0.317 e. The van der Waals surface area contributed by atoms with Gasteiger partial charge in [0.15, 0.2) is 0 Å². The Bertz CT molecular complexity index is 501. The van der Waals surface area contributed by atoms with E-state index in [1.807, 2.05) is 11.3 Å². The molecule has 0 aliphatic rings. The van der Waals surface area contributed by atoms with Crippen molar-refractivity contribution in [3.05, 3.63) is 35.2 Å². The Balaban J connectivity index is 2.26. The average Bonchev–Trinajstić information content (AvgIpc) is 2.78. The van der Waals surface area contributed by atoms with Crippen molar-refractivity contribution in [2.45, 2.75) is 33.2 Å². The minimum atomic E-state index is 0.559. The summed E-state index contributed by atoms with van der Waals surface area (Å²) < 4.78 is 1.41. The van der Waals surface area contributed by atoms with Crippen LogP contribution in [0.25, 0.3) is 10.1 Å². The summed E-state index contributed by atoms with van der Waals surface area (Å²) in [5, 5.41) is 7.19. The molecule has 1 nitrogen and oxygen atoms in total. The Hall–Kier alpha value is -0.860. The summed E-state index contributed by atoms with van der Waals surface area (Å²) in [5.41, 5.74) is 1.51. The summed E-state index contributed by atoms with van der Waals surface area (Å²) in [4.78, 5) is 0. The van der Waals surface area contributed by atoms with Crippen LogP contribution < -0.4 is 5.32 Å². The molecule has 0 spiro atoms. The molecule has 1 heterocycles. The van der Waals surface area contributed by atoms with Crippen LogP contribution in [0.3, 0.4) is 0 Å². The molecular weight excluding hydrogens is 238 g/mol. The maximum absolute atomic E-state index is 3.41. The molecule has 0 saturated heterocycles. The van der Waals surface area contributed by atoms with Gasteiger partial charge in [-0.15, -0.1) is 11.3 Å². The molecule has 2 rings (SSSR count). The molecule has 2 aromatic rings. The molecule has 0 aliphatic carbocycles. The van der Waals surface area contributed by atoms with Gasteiger partial charge in [-0.3, -0.25) is 0 Å². The molecule has 18 heavy (non-hydrogen) atoms. The van der Waals surface area contributed by atoms with E-state index >= 15 is 0 Å². The maximum atomic E-state index is 3.41. The second-order valence-corrected chi connectivity index (χ2v) is 6.36. The van der Waals surface area contributed by atoms with Crippen LogP contribution in [0, 0.1) is 11.8 Å². The molecular formula is C16H23NS. The highest BCUT2D eigenvalue weighted by molar-refractivity contribution is 7.17. The zero-order chi connectivity index (χ0) is 13.1. The van der Waals surface area contributed by atoms with Gasteiger partial charge in [0.25, 0.3) is 0 Å². The maximum Gasteiger partial charge on any atom is 0.0345 e. The average molecular weight is 261 g/mol. The van der Waals surface area contributed by atoms with Crippen LogP contribution in [0.2, 0.25) is 0 Å². The Labute approximate surface area is 114 Å². The van der Waals surface area contributed by atoms with Crippen LogP contribution in [0.15, 0.2) is 29.6 Å². The van der Waals surface area contributed by atoms with E-state index < -0.39 is 0 Å². The van der Waals surface area contributed by atoms with Crippen molar-refractivity contribution in [3.8, 4) is 0 Å². The van der Waals surface area contributed by atoms with Gasteiger partial charge in [-0.2, -0.15) is 0 Å². The van der Waals surface area contributed by atoms with E-state index in [4.69, 9.17) is 0 Å². The molecule has 0 aliphatic heterocycles. The summed E-state index contributed by atoms with van der Waals surface area (Å²) in [7, 11) is 2.06. The normalized spacial score (nSPS) is 15.2. The minimum absolute atomic E-state index is 0.559. The van der Waals surface area contributed by atoms with Crippen LogP contribution in [0.5, 0.6) is 0 Å². The third kappa shape index (κ3) is 2.76. The molecule has 0 amide bonds. The van der Waals surface area contributed by atoms with Crippen molar-refractivity contribution in [2.75, 3.05) is 7.05 Å². The number of hydrogen-bond donors (Lipinski definition) is 1. The lowest BCUT2D eigenvalue weighted by Gasteiger charge is -2.27. The number of benzene rings is 1. The molecule has 0 radical (unpaired) electrons. The van der Waals surface area contributed by atoms with Gasteiger partial charge in [-0.25, -0.2) is 0 Å². The fraction of sp³-hybridized carbons (Fsp3) is 0.500.